The number of benzene rings is 2. The normalized spacial score (nSPS) is 12.5. The van der Waals surface area contributed by atoms with Gasteiger partial charge in [-0.05, 0) is 23.1 Å². The van der Waals surface area contributed by atoms with E-state index >= 15 is 0 Å². The Hall–Kier alpha value is -2.26. The van der Waals surface area contributed by atoms with Gasteiger partial charge >= 0.3 is 0 Å². The molecular formula is C21H26O3. The molecule has 1 N–H and O–H groups in total. The van der Waals surface area contributed by atoms with Gasteiger partial charge in [-0.15, -0.1) is 0 Å². The van der Waals surface area contributed by atoms with Crippen LogP contribution in [0.1, 0.15) is 31.9 Å². The van der Waals surface area contributed by atoms with Crippen molar-refractivity contribution in [1.82, 2.24) is 0 Å². The van der Waals surface area contributed by atoms with E-state index in [1.54, 1.807) is 7.11 Å². The standard InChI is InChI=1S/C21H26O3/c1-21(2,3)19(14-22)20(23-4)17-11-8-12-18(13-17)24-15-16-9-6-5-7-10-16/h5-13,22H,14-15H2,1-4H3. The number of methoxy groups -OCH3 is 1. The largest absolute Gasteiger partial charge is 0.496 e. The topological polar surface area (TPSA) is 38.7 Å². The fourth-order valence-corrected chi connectivity index (χ4v) is 2.53. The maximum Gasteiger partial charge on any atom is 0.128 e. The molecule has 0 atom stereocenters. The first-order valence-corrected chi connectivity index (χ1v) is 8.11. The number of ether oxygens (including phenoxy) is 2. The van der Waals surface area contributed by atoms with Crippen LogP contribution in [0, 0.1) is 5.41 Å². The summed E-state index contributed by atoms with van der Waals surface area (Å²) in [5, 5.41) is 9.78. The lowest BCUT2D eigenvalue weighted by atomic mass is 9.84. The molecule has 2 aromatic rings. The average Bonchev–Trinajstić information content (AvgIpc) is 2.57. The van der Waals surface area contributed by atoms with Crippen LogP contribution < -0.4 is 4.74 Å². The number of hydrogen-bond donors (Lipinski definition) is 1. The molecule has 0 aliphatic rings. The molecule has 2 rings (SSSR count). The molecule has 3 nitrogen and oxygen atoms in total. The molecule has 0 aliphatic carbocycles. The lowest BCUT2D eigenvalue weighted by molar-refractivity contribution is 0.280. The molecule has 0 aromatic heterocycles. The van der Waals surface area contributed by atoms with Crippen LogP contribution in [0.4, 0.5) is 0 Å². The molecule has 0 aliphatic heterocycles. The fraction of sp³-hybridized carbons (Fsp3) is 0.333. The summed E-state index contributed by atoms with van der Waals surface area (Å²) in [6, 6.07) is 17.8. The van der Waals surface area contributed by atoms with Crippen LogP contribution in [0.25, 0.3) is 5.76 Å². The van der Waals surface area contributed by atoms with E-state index in [9.17, 15) is 5.11 Å². The van der Waals surface area contributed by atoms with E-state index in [0.717, 1.165) is 22.4 Å². The Kier molecular flexibility index (Phi) is 6.04. The molecule has 0 radical (unpaired) electrons. The van der Waals surface area contributed by atoms with Crippen LogP contribution in [0.3, 0.4) is 0 Å². The molecule has 0 bridgehead atoms. The molecule has 0 amide bonds. The highest BCUT2D eigenvalue weighted by molar-refractivity contribution is 5.65. The van der Waals surface area contributed by atoms with Gasteiger partial charge in [0.2, 0.25) is 0 Å². The summed E-state index contributed by atoms with van der Waals surface area (Å²) in [4.78, 5) is 0. The third kappa shape index (κ3) is 4.62. The highest BCUT2D eigenvalue weighted by Gasteiger charge is 2.22. The molecular weight excluding hydrogens is 300 g/mol. The second-order valence-electron chi connectivity index (χ2n) is 6.72. The molecule has 0 fully saturated rings. The summed E-state index contributed by atoms with van der Waals surface area (Å²) >= 11 is 0. The van der Waals surface area contributed by atoms with Gasteiger partial charge in [-0.2, -0.15) is 0 Å². The van der Waals surface area contributed by atoms with E-state index in [2.05, 4.69) is 20.8 Å². The summed E-state index contributed by atoms with van der Waals surface area (Å²) in [5.74, 6) is 1.48. The highest BCUT2D eigenvalue weighted by Crippen LogP contribution is 2.33. The van der Waals surface area contributed by atoms with Gasteiger partial charge < -0.3 is 14.6 Å². The minimum absolute atomic E-state index is 0.0399. The Morgan fingerprint density at radius 3 is 2.29 bits per heavy atom. The number of aliphatic hydroxyl groups is 1. The molecule has 2 aromatic carbocycles. The first-order valence-electron chi connectivity index (χ1n) is 8.11. The monoisotopic (exact) mass is 326 g/mol. The molecule has 0 saturated carbocycles. The maximum atomic E-state index is 9.78. The van der Waals surface area contributed by atoms with Crippen LogP contribution in [0.15, 0.2) is 60.2 Å². The van der Waals surface area contributed by atoms with E-state index in [0.29, 0.717) is 12.4 Å². The van der Waals surface area contributed by atoms with E-state index in [4.69, 9.17) is 9.47 Å². The minimum Gasteiger partial charge on any atom is -0.496 e. The van der Waals surface area contributed by atoms with Gasteiger partial charge in [-0.1, -0.05) is 63.2 Å². The third-order valence-electron chi connectivity index (χ3n) is 3.89. The Bertz CT molecular complexity index is 682. The first-order chi connectivity index (χ1) is 11.5. The smallest absolute Gasteiger partial charge is 0.128 e. The van der Waals surface area contributed by atoms with Gasteiger partial charge in [0.05, 0.1) is 13.7 Å². The zero-order chi connectivity index (χ0) is 17.6. The van der Waals surface area contributed by atoms with Gasteiger partial charge in [0, 0.05) is 11.1 Å². The Labute approximate surface area is 144 Å². The summed E-state index contributed by atoms with van der Waals surface area (Å²) in [6.07, 6.45) is 0. The lowest BCUT2D eigenvalue weighted by Gasteiger charge is -2.25. The van der Waals surface area contributed by atoms with E-state index in [1.807, 2.05) is 54.6 Å². The van der Waals surface area contributed by atoms with E-state index < -0.39 is 0 Å². The molecule has 0 unspecified atom stereocenters. The molecule has 128 valence electrons. The predicted octanol–water partition coefficient (Wildman–Crippen LogP) is 4.66. The van der Waals surface area contributed by atoms with Gasteiger partial charge in [-0.3, -0.25) is 0 Å². The van der Waals surface area contributed by atoms with Gasteiger partial charge in [0.1, 0.15) is 18.1 Å². The molecule has 0 spiro atoms. The second kappa shape index (κ2) is 8.02. The third-order valence-corrected chi connectivity index (χ3v) is 3.89. The van der Waals surface area contributed by atoms with Crippen molar-refractivity contribution in [3.8, 4) is 5.75 Å². The number of rotatable bonds is 6. The van der Waals surface area contributed by atoms with Crippen molar-refractivity contribution in [3.63, 3.8) is 0 Å². The summed E-state index contributed by atoms with van der Waals surface area (Å²) in [7, 11) is 1.63. The molecule has 3 heteroatoms. The van der Waals surface area contributed by atoms with Gasteiger partial charge in [0.25, 0.3) is 0 Å². The summed E-state index contributed by atoms with van der Waals surface area (Å²) < 4.78 is 11.5. The lowest BCUT2D eigenvalue weighted by Crippen LogP contribution is -2.16. The Morgan fingerprint density at radius 2 is 1.71 bits per heavy atom. The molecule has 0 saturated heterocycles. The van der Waals surface area contributed by atoms with Crippen molar-refractivity contribution in [2.24, 2.45) is 5.41 Å². The number of hydrogen-bond acceptors (Lipinski definition) is 3. The van der Waals surface area contributed by atoms with Crippen molar-refractivity contribution in [2.45, 2.75) is 27.4 Å². The zero-order valence-corrected chi connectivity index (χ0v) is 14.9. The first kappa shape index (κ1) is 18.1. The Balaban J connectivity index is 2.26. The summed E-state index contributed by atoms with van der Waals surface area (Å²) in [6.45, 7) is 6.66. The van der Waals surface area contributed by atoms with Crippen LogP contribution in [-0.2, 0) is 11.3 Å². The predicted molar refractivity (Wildman–Crippen MR) is 97.7 cm³/mol. The quantitative estimate of drug-likeness (QED) is 0.785. The number of aliphatic hydroxyl groups excluding tert-OH is 1. The van der Waals surface area contributed by atoms with Crippen molar-refractivity contribution < 1.29 is 14.6 Å². The SMILES string of the molecule is COC(=C(CO)C(C)(C)C)c1cccc(OCc2ccccc2)c1. The molecule has 0 heterocycles. The maximum absolute atomic E-state index is 9.78. The molecule has 24 heavy (non-hydrogen) atoms. The van der Waals surface area contributed by atoms with E-state index in [1.165, 1.54) is 0 Å². The van der Waals surface area contributed by atoms with Crippen LogP contribution in [0.2, 0.25) is 0 Å². The zero-order valence-electron chi connectivity index (χ0n) is 14.9. The fourth-order valence-electron chi connectivity index (χ4n) is 2.53. The average molecular weight is 326 g/mol. The van der Waals surface area contributed by atoms with Crippen LogP contribution in [0.5, 0.6) is 5.75 Å². The minimum atomic E-state index is -0.180. The summed E-state index contributed by atoms with van der Waals surface area (Å²) in [5.41, 5.74) is 2.71. The van der Waals surface area contributed by atoms with Crippen molar-refractivity contribution >= 4 is 5.76 Å². The van der Waals surface area contributed by atoms with Crippen LogP contribution >= 0.6 is 0 Å². The van der Waals surface area contributed by atoms with Crippen molar-refractivity contribution in [1.29, 1.82) is 0 Å². The van der Waals surface area contributed by atoms with Gasteiger partial charge in [-0.25, -0.2) is 0 Å². The highest BCUT2D eigenvalue weighted by atomic mass is 16.5. The Morgan fingerprint density at radius 1 is 1.00 bits per heavy atom. The van der Waals surface area contributed by atoms with Crippen molar-refractivity contribution in [2.75, 3.05) is 13.7 Å². The second-order valence-corrected chi connectivity index (χ2v) is 6.72. The van der Waals surface area contributed by atoms with Crippen molar-refractivity contribution in [3.05, 3.63) is 71.3 Å². The van der Waals surface area contributed by atoms with Crippen LogP contribution in [-0.4, -0.2) is 18.8 Å². The van der Waals surface area contributed by atoms with E-state index in [-0.39, 0.29) is 12.0 Å². The van der Waals surface area contributed by atoms with Gasteiger partial charge in [0.15, 0.2) is 0 Å².